The molecule has 0 aliphatic heterocycles. The summed E-state index contributed by atoms with van der Waals surface area (Å²) < 4.78 is 1.90. The van der Waals surface area contributed by atoms with Gasteiger partial charge < -0.3 is 0 Å². The summed E-state index contributed by atoms with van der Waals surface area (Å²) in [5.41, 5.74) is 2.25. The Balaban J connectivity index is 3.07. The van der Waals surface area contributed by atoms with Crippen molar-refractivity contribution in [3.8, 4) is 0 Å². The maximum absolute atomic E-state index is 6.20. The van der Waals surface area contributed by atoms with E-state index in [0.717, 1.165) is 23.8 Å². The van der Waals surface area contributed by atoms with Gasteiger partial charge in [0.25, 0.3) is 0 Å². The number of halogens is 1. The molecule has 3 heteroatoms. The molecule has 0 saturated heterocycles. The smallest absolute Gasteiger partial charge is 0.130 e. The highest BCUT2D eigenvalue weighted by Gasteiger charge is 2.15. The van der Waals surface area contributed by atoms with Gasteiger partial charge in [-0.3, -0.25) is 4.68 Å². The van der Waals surface area contributed by atoms with Crippen LogP contribution in [0.3, 0.4) is 0 Å². The zero-order valence-electron chi connectivity index (χ0n) is 8.76. The van der Waals surface area contributed by atoms with Crippen molar-refractivity contribution in [3.05, 3.63) is 16.4 Å². The lowest BCUT2D eigenvalue weighted by molar-refractivity contribution is 0.598. The lowest BCUT2D eigenvalue weighted by Crippen LogP contribution is -1.99. The molecule has 2 nitrogen and oxygen atoms in total. The summed E-state index contributed by atoms with van der Waals surface area (Å²) in [7, 11) is 0. The van der Waals surface area contributed by atoms with E-state index in [9.17, 15) is 0 Å². The van der Waals surface area contributed by atoms with Gasteiger partial charge in [-0.2, -0.15) is 5.10 Å². The van der Waals surface area contributed by atoms with Crippen LogP contribution in [0, 0.1) is 6.92 Å². The van der Waals surface area contributed by atoms with Crippen LogP contribution in [-0.2, 0) is 6.54 Å². The van der Waals surface area contributed by atoms with Crippen molar-refractivity contribution in [2.24, 2.45) is 0 Å². The molecule has 0 atom stereocenters. The van der Waals surface area contributed by atoms with Crippen LogP contribution >= 0.6 is 11.6 Å². The minimum Gasteiger partial charge on any atom is -0.253 e. The fourth-order valence-corrected chi connectivity index (χ4v) is 2.06. The minimum atomic E-state index is 0.457. The highest BCUT2D eigenvalue weighted by Crippen LogP contribution is 2.27. The highest BCUT2D eigenvalue weighted by molar-refractivity contribution is 6.30. The third kappa shape index (κ3) is 2.05. The molecule has 0 N–H and O–H groups in total. The topological polar surface area (TPSA) is 17.8 Å². The van der Waals surface area contributed by atoms with Gasteiger partial charge in [0, 0.05) is 12.1 Å². The van der Waals surface area contributed by atoms with Crippen molar-refractivity contribution in [1.82, 2.24) is 9.78 Å². The number of hydrogen-bond donors (Lipinski definition) is 0. The van der Waals surface area contributed by atoms with Crippen LogP contribution < -0.4 is 0 Å². The summed E-state index contributed by atoms with van der Waals surface area (Å²) >= 11 is 6.20. The number of aromatic nitrogens is 2. The van der Waals surface area contributed by atoms with Crippen LogP contribution in [0.25, 0.3) is 0 Å². The van der Waals surface area contributed by atoms with Crippen molar-refractivity contribution in [1.29, 1.82) is 0 Å². The molecule has 0 aliphatic carbocycles. The summed E-state index contributed by atoms with van der Waals surface area (Å²) in [6, 6.07) is 0. The molecule has 0 aromatic carbocycles. The third-order valence-corrected chi connectivity index (χ3v) is 2.52. The average molecular weight is 201 g/mol. The fourth-order valence-electron chi connectivity index (χ4n) is 1.58. The summed E-state index contributed by atoms with van der Waals surface area (Å²) in [6.45, 7) is 9.35. The van der Waals surface area contributed by atoms with Crippen LogP contribution in [0.4, 0.5) is 0 Å². The summed E-state index contributed by atoms with van der Waals surface area (Å²) in [6.07, 6.45) is 1.07. The minimum absolute atomic E-state index is 0.457. The van der Waals surface area contributed by atoms with Crippen molar-refractivity contribution in [2.75, 3.05) is 0 Å². The number of rotatable bonds is 3. The lowest BCUT2D eigenvalue weighted by atomic mass is 10.1. The number of nitrogens with zero attached hydrogens (tertiary/aromatic N) is 2. The molecule has 0 amide bonds. The second-order valence-corrected chi connectivity index (χ2v) is 4.03. The molecule has 1 aromatic rings. The van der Waals surface area contributed by atoms with Crippen molar-refractivity contribution >= 4 is 11.6 Å². The molecular formula is C10H17ClN2. The van der Waals surface area contributed by atoms with E-state index in [1.165, 1.54) is 5.56 Å². The second-order valence-electron chi connectivity index (χ2n) is 3.67. The first-order valence-corrected chi connectivity index (χ1v) is 5.18. The van der Waals surface area contributed by atoms with Gasteiger partial charge in [-0.25, -0.2) is 0 Å². The van der Waals surface area contributed by atoms with E-state index in [2.05, 4.69) is 25.9 Å². The van der Waals surface area contributed by atoms with Gasteiger partial charge >= 0.3 is 0 Å². The number of aryl methyl sites for hydroxylation is 2. The second kappa shape index (κ2) is 4.14. The lowest BCUT2D eigenvalue weighted by Gasteiger charge is -2.04. The average Bonchev–Trinajstić information content (AvgIpc) is 2.28. The Morgan fingerprint density at radius 3 is 2.46 bits per heavy atom. The van der Waals surface area contributed by atoms with Crippen LogP contribution in [0.15, 0.2) is 0 Å². The van der Waals surface area contributed by atoms with Gasteiger partial charge in [0.1, 0.15) is 5.15 Å². The normalized spacial score (nSPS) is 11.2. The maximum Gasteiger partial charge on any atom is 0.130 e. The van der Waals surface area contributed by atoms with Gasteiger partial charge in [-0.05, 0) is 19.3 Å². The summed E-state index contributed by atoms with van der Waals surface area (Å²) in [4.78, 5) is 0. The Morgan fingerprint density at radius 2 is 2.08 bits per heavy atom. The zero-order chi connectivity index (χ0) is 10.0. The molecule has 0 aliphatic rings. The predicted molar refractivity (Wildman–Crippen MR) is 56.4 cm³/mol. The molecule has 0 radical (unpaired) electrons. The van der Waals surface area contributed by atoms with E-state index < -0.39 is 0 Å². The molecule has 1 heterocycles. The Labute approximate surface area is 84.9 Å². The van der Waals surface area contributed by atoms with E-state index >= 15 is 0 Å². The van der Waals surface area contributed by atoms with Gasteiger partial charge in [0.2, 0.25) is 0 Å². The molecular weight excluding hydrogens is 184 g/mol. The molecule has 1 aromatic heterocycles. The Morgan fingerprint density at radius 1 is 1.46 bits per heavy atom. The van der Waals surface area contributed by atoms with E-state index in [1.807, 2.05) is 11.6 Å². The molecule has 0 fully saturated rings. The molecule has 74 valence electrons. The number of hydrogen-bond acceptors (Lipinski definition) is 1. The van der Waals surface area contributed by atoms with Crippen LogP contribution in [-0.4, -0.2) is 9.78 Å². The molecule has 0 bridgehead atoms. The standard InChI is InChI=1S/C10H17ClN2/c1-5-6-13-10(11)9(7(2)3)8(4)12-13/h7H,5-6H2,1-4H3. The summed E-state index contributed by atoms with van der Waals surface area (Å²) in [5, 5.41) is 5.22. The largest absolute Gasteiger partial charge is 0.253 e. The van der Waals surface area contributed by atoms with Gasteiger partial charge in [0.15, 0.2) is 0 Å². The van der Waals surface area contributed by atoms with E-state index in [0.29, 0.717) is 5.92 Å². The van der Waals surface area contributed by atoms with Crippen molar-refractivity contribution < 1.29 is 0 Å². The predicted octanol–water partition coefficient (Wildman–Crippen LogP) is 3.38. The first-order valence-electron chi connectivity index (χ1n) is 4.80. The van der Waals surface area contributed by atoms with E-state index in [-0.39, 0.29) is 0 Å². The van der Waals surface area contributed by atoms with Gasteiger partial charge in [0.05, 0.1) is 5.69 Å². The van der Waals surface area contributed by atoms with Gasteiger partial charge in [-0.15, -0.1) is 0 Å². The molecule has 0 unspecified atom stereocenters. The Bertz CT molecular complexity index is 289. The Hall–Kier alpha value is -0.500. The fraction of sp³-hybridized carbons (Fsp3) is 0.700. The monoisotopic (exact) mass is 200 g/mol. The van der Waals surface area contributed by atoms with E-state index in [4.69, 9.17) is 11.6 Å². The van der Waals surface area contributed by atoms with E-state index in [1.54, 1.807) is 0 Å². The van der Waals surface area contributed by atoms with Crippen LogP contribution in [0.5, 0.6) is 0 Å². The first-order chi connectivity index (χ1) is 6.07. The highest BCUT2D eigenvalue weighted by atomic mass is 35.5. The Kier molecular flexibility index (Phi) is 3.37. The maximum atomic E-state index is 6.20. The molecule has 0 saturated carbocycles. The SMILES string of the molecule is CCCn1nc(C)c(C(C)C)c1Cl. The van der Waals surface area contributed by atoms with Gasteiger partial charge in [-0.1, -0.05) is 32.4 Å². The van der Waals surface area contributed by atoms with Crippen LogP contribution in [0.2, 0.25) is 5.15 Å². The summed E-state index contributed by atoms with van der Waals surface area (Å²) in [5.74, 6) is 0.457. The van der Waals surface area contributed by atoms with Crippen molar-refractivity contribution in [3.63, 3.8) is 0 Å². The molecule has 13 heavy (non-hydrogen) atoms. The quantitative estimate of drug-likeness (QED) is 0.732. The first kappa shape index (κ1) is 10.6. The van der Waals surface area contributed by atoms with Crippen LogP contribution in [0.1, 0.15) is 44.4 Å². The van der Waals surface area contributed by atoms with Crippen molar-refractivity contribution in [2.45, 2.75) is 46.6 Å². The molecule has 0 spiro atoms. The third-order valence-electron chi connectivity index (χ3n) is 2.12. The zero-order valence-corrected chi connectivity index (χ0v) is 9.52. The molecule has 1 rings (SSSR count).